The molecule has 8 heteroatoms. The van der Waals surface area contributed by atoms with Crippen LogP contribution in [0.2, 0.25) is 0 Å². The number of aryl methyl sites for hydroxylation is 1. The highest BCUT2D eigenvalue weighted by atomic mass is 16.6. The van der Waals surface area contributed by atoms with E-state index in [4.69, 9.17) is 4.74 Å². The number of carbonyl (C=O) groups is 1. The lowest BCUT2D eigenvalue weighted by Crippen LogP contribution is -2.13. The zero-order chi connectivity index (χ0) is 16.0. The highest BCUT2D eigenvalue weighted by molar-refractivity contribution is 5.69. The first-order valence-corrected chi connectivity index (χ1v) is 7.01. The maximum absolute atomic E-state index is 11.2. The van der Waals surface area contributed by atoms with Gasteiger partial charge >= 0.3 is 11.7 Å². The standard InChI is InChI=1S/C13H22N4O4/c1-5-21-11(18)7-6-8-14-13-12(17(19)20)10(4)15-16(13)9(2)3/h9,14H,5-8H2,1-4H3. The summed E-state index contributed by atoms with van der Waals surface area (Å²) in [5.41, 5.74) is 0.362. The summed E-state index contributed by atoms with van der Waals surface area (Å²) in [6, 6.07) is 0.00459. The van der Waals surface area contributed by atoms with Crippen molar-refractivity contribution in [3.05, 3.63) is 15.8 Å². The summed E-state index contributed by atoms with van der Waals surface area (Å²) in [6.45, 7) is 7.97. The molecule has 1 rings (SSSR count). The van der Waals surface area contributed by atoms with Gasteiger partial charge in [-0.25, -0.2) is 4.68 Å². The SMILES string of the molecule is CCOC(=O)CCCNc1c([N+](=O)[O-])c(C)nn1C(C)C. The second-order valence-electron chi connectivity index (χ2n) is 4.91. The van der Waals surface area contributed by atoms with Gasteiger partial charge < -0.3 is 10.1 Å². The Hall–Kier alpha value is -2.12. The molecule has 0 fully saturated rings. The fraction of sp³-hybridized carbons (Fsp3) is 0.692. The van der Waals surface area contributed by atoms with Crippen molar-refractivity contribution in [3.63, 3.8) is 0 Å². The van der Waals surface area contributed by atoms with Crippen LogP contribution in [-0.2, 0) is 9.53 Å². The van der Waals surface area contributed by atoms with Crippen molar-refractivity contribution in [2.45, 2.75) is 46.6 Å². The Morgan fingerprint density at radius 1 is 1.52 bits per heavy atom. The molecule has 0 amide bonds. The van der Waals surface area contributed by atoms with Gasteiger partial charge in [-0.1, -0.05) is 0 Å². The fourth-order valence-electron chi connectivity index (χ4n) is 1.97. The van der Waals surface area contributed by atoms with Crippen LogP contribution in [-0.4, -0.2) is 33.8 Å². The zero-order valence-corrected chi connectivity index (χ0v) is 12.9. The number of esters is 1. The number of hydrogen-bond acceptors (Lipinski definition) is 6. The van der Waals surface area contributed by atoms with Crippen LogP contribution in [0.15, 0.2) is 0 Å². The van der Waals surface area contributed by atoms with Gasteiger partial charge in [0.15, 0.2) is 0 Å². The molecule has 118 valence electrons. The lowest BCUT2D eigenvalue weighted by atomic mass is 10.3. The highest BCUT2D eigenvalue weighted by Gasteiger charge is 2.26. The van der Waals surface area contributed by atoms with Crippen molar-refractivity contribution in [2.75, 3.05) is 18.5 Å². The molecule has 0 atom stereocenters. The lowest BCUT2D eigenvalue weighted by Gasteiger charge is -2.11. The number of nitrogens with zero attached hydrogens (tertiary/aromatic N) is 3. The number of carbonyl (C=O) groups excluding carboxylic acids is 1. The second-order valence-corrected chi connectivity index (χ2v) is 4.91. The number of nitro groups is 1. The molecular weight excluding hydrogens is 276 g/mol. The van der Waals surface area contributed by atoms with Crippen LogP contribution in [0.1, 0.15) is 45.3 Å². The summed E-state index contributed by atoms with van der Waals surface area (Å²) in [7, 11) is 0. The van der Waals surface area contributed by atoms with Crippen molar-refractivity contribution >= 4 is 17.5 Å². The summed E-state index contributed by atoms with van der Waals surface area (Å²) in [4.78, 5) is 21.9. The van der Waals surface area contributed by atoms with Gasteiger partial charge in [0.05, 0.1) is 11.5 Å². The van der Waals surface area contributed by atoms with E-state index in [1.54, 1.807) is 18.5 Å². The summed E-state index contributed by atoms with van der Waals surface area (Å²) in [5, 5.41) is 18.4. The third-order valence-electron chi connectivity index (χ3n) is 2.88. The molecule has 0 radical (unpaired) electrons. The molecule has 0 saturated carbocycles. The summed E-state index contributed by atoms with van der Waals surface area (Å²) >= 11 is 0. The van der Waals surface area contributed by atoms with E-state index < -0.39 is 4.92 Å². The minimum atomic E-state index is -0.436. The molecule has 0 spiro atoms. The van der Waals surface area contributed by atoms with Gasteiger partial charge in [0, 0.05) is 19.0 Å². The van der Waals surface area contributed by atoms with E-state index in [9.17, 15) is 14.9 Å². The predicted octanol–water partition coefficient (Wildman–Crippen LogP) is 2.44. The van der Waals surface area contributed by atoms with Gasteiger partial charge in [0.1, 0.15) is 5.69 Å². The van der Waals surface area contributed by atoms with Crippen LogP contribution in [0, 0.1) is 17.0 Å². The van der Waals surface area contributed by atoms with Gasteiger partial charge in [-0.15, -0.1) is 0 Å². The van der Waals surface area contributed by atoms with Crippen LogP contribution in [0.5, 0.6) is 0 Å². The van der Waals surface area contributed by atoms with Gasteiger partial charge in [0.2, 0.25) is 5.82 Å². The normalized spacial score (nSPS) is 10.7. The molecule has 0 unspecified atom stereocenters. The maximum Gasteiger partial charge on any atom is 0.333 e. The highest BCUT2D eigenvalue weighted by Crippen LogP contribution is 2.30. The first-order chi connectivity index (χ1) is 9.88. The Morgan fingerprint density at radius 3 is 2.71 bits per heavy atom. The molecule has 1 aromatic heterocycles. The minimum Gasteiger partial charge on any atom is -0.466 e. The average Bonchev–Trinajstić information content (AvgIpc) is 2.72. The first kappa shape index (κ1) is 16.9. The molecule has 0 aromatic carbocycles. The van der Waals surface area contributed by atoms with Crippen molar-refractivity contribution in [1.29, 1.82) is 0 Å². The molecule has 1 N–H and O–H groups in total. The van der Waals surface area contributed by atoms with E-state index in [1.165, 1.54) is 0 Å². The smallest absolute Gasteiger partial charge is 0.333 e. The Balaban J connectivity index is 2.73. The molecular formula is C13H22N4O4. The molecule has 0 aliphatic rings. The van der Waals surface area contributed by atoms with E-state index in [-0.39, 0.29) is 24.1 Å². The molecule has 0 saturated heterocycles. The Bertz CT molecular complexity index is 511. The van der Waals surface area contributed by atoms with E-state index in [0.717, 1.165) is 0 Å². The van der Waals surface area contributed by atoms with Gasteiger partial charge in [0.25, 0.3) is 0 Å². The van der Waals surface area contributed by atoms with Crippen LogP contribution >= 0.6 is 0 Å². The number of hydrogen-bond donors (Lipinski definition) is 1. The second kappa shape index (κ2) is 7.61. The molecule has 0 bridgehead atoms. The Morgan fingerprint density at radius 2 is 2.19 bits per heavy atom. The lowest BCUT2D eigenvalue weighted by molar-refractivity contribution is -0.384. The molecule has 0 aliphatic carbocycles. The molecule has 8 nitrogen and oxygen atoms in total. The van der Waals surface area contributed by atoms with Gasteiger partial charge in [-0.2, -0.15) is 5.10 Å². The van der Waals surface area contributed by atoms with E-state index in [2.05, 4.69) is 10.4 Å². The van der Waals surface area contributed by atoms with Gasteiger partial charge in [-0.3, -0.25) is 14.9 Å². The monoisotopic (exact) mass is 298 g/mol. The van der Waals surface area contributed by atoms with E-state index >= 15 is 0 Å². The number of ether oxygens (including phenoxy) is 1. The largest absolute Gasteiger partial charge is 0.466 e. The molecule has 0 aliphatic heterocycles. The van der Waals surface area contributed by atoms with Crippen LogP contribution < -0.4 is 5.32 Å². The molecule has 1 aromatic rings. The van der Waals surface area contributed by atoms with Crippen LogP contribution in [0.4, 0.5) is 11.5 Å². The number of anilines is 1. The number of rotatable bonds is 8. The minimum absolute atomic E-state index is 0.00459. The fourth-order valence-corrected chi connectivity index (χ4v) is 1.97. The summed E-state index contributed by atoms with van der Waals surface area (Å²) in [5.74, 6) is 0.124. The topological polar surface area (TPSA) is 99.3 Å². The van der Waals surface area contributed by atoms with Crippen molar-refractivity contribution < 1.29 is 14.5 Å². The van der Waals surface area contributed by atoms with Crippen LogP contribution in [0.3, 0.4) is 0 Å². The summed E-state index contributed by atoms with van der Waals surface area (Å²) < 4.78 is 6.42. The van der Waals surface area contributed by atoms with Gasteiger partial charge in [-0.05, 0) is 34.1 Å². The predicted molar refractivity (Wildman–Crippen MR) is 78.4 cm³/mol. The number of nitrogens with one attached hydrogen (secondary N) is 1. The Labute approximate surface area is 123 Å². The van der Waals surface area contributed by atoms with Crippen molar-refractivity contribution in [1.82, 2.24) is 9.78 Å². The summed E-state index contributed by atoms with van der Waals surface area (Å²) in [6.07, 6.45) is 0.821. The van der Waals surface area contributed by atoms with Crippen LogP contribution in [0.25, 0.3) is 0 Å². The van der Waals surface area contributed by atoms with E-state index in [1.807, 2.05) is 13.8 Å². The first-order valence-electron chi connectivity index (χ1n) is 7.01. The third kappa shape index (κ3) is 4.44. The quantitative estimate of drug-likeness (QED) is 0.342. The van der Waals surface area contributed by atoms with E-state index in [0.29, 0.717) is 31.1 Å². The average molecular weight is 298 g/mol. The maximum atomic E-state index is 11.2. The third-order valence-corrected chi connectivity index (χ3v) is 2.88. The number of aromatic nitrogens is 2. The Kier molecular flexibility index (Phi) is 6.13. The zero-order valence-electron chi connectivity index (χ0n) is 12.9. The van der Waals surface area contributed by atoms with Crippen molar-refractivity contribution in [3.8, 4) is 0 Å². The molecule has 21 heavy (non-hydrogen) atoms. The van der Waals surface area contributed by atoms with Crippen molar-refractivity contribution in [2.24, 2.45) is 0 Å². The molecule has 1 heterocycles.